The molecule has 0 aliphatic heterocycles. The number of aryl methyl sites for hydroxylation is 2. The van der Waals surface area contributed by atoms with Gasteiger partial charge >= 0.3 is 0 Å². The van der Waals surface area contributed by atoms with Gasteiger partial charge in [0.1, 0.15) is 11.6 Å². The molecule has 0 saturated heterocycles. The van der Waals surface area contributed by atoms with E-state index in [0.717, 1.165) is 60.9 Å². The first-order valence-corrected chi connectivity index (χ1v) is 11.8. The number of benzene rings is 1. The van der Waals surface area contributed by atoms with Gasteiger partial charge in [-0.3, -0.25) is 4.57 Å². The summed E-state index contributed by atoms with van der Waals surface area (Å²) in [6.45, 7) is 11.0. The summed E-state index contributed by atoms with van der Waals surface area (Å²) in [5, 5.41) is 9.90. The normalized spacial score (nSPS) is 19.8. The van der Waals surface area contributed by atoms with E-state index in [1.807, 2.05) is 19.9 Å². The molecule has 168 valence electrons. The molecular formula is C24H38ClN3O2. The van der Waals surface area contributed by atoms with Crippen molar-refractivity contribution < 1.29 is 9.47 Å². The third-order valence-electron chi connectivity index (χ3n) is 5.60. The molecule has 6 heteroatoms. The summed E-state index contributed by atoms with van der Waals surface area (Å²) >= 11 is 6.24. The Hall–Kier alpha value is -1.43. The number of hydrogen-bond acceptors (Lipinski definition) is 4. The van der Waals surface area contributed by atoms with Crippen LogP contribution >= 0.6 is 11.6 Å². The minimum absolute atomic E-state index is 0.142. The van der Waals surface area contributed by atoms with Gasteiger partial charge in [-0.15, -0.1) is 10.2 Å². The lowest BCUT2D eigenvalue weighted by Gasteiger charge is -2.30. The van der Waals surface area contributed by atoms with E-state index >= 15 is 0 Å². The molecule has 1 fully saturated rings. The second-order valence-corrected chi connectivity index (χ2v) is 8.10. The van der Waals surface area contributed by atoms with E-state index in [1.165, 1.54) is 5.56 Å². The molecule has 0 spiro atoms. The first-order valence-electron chi connectivity index (χ1n) is 11.4. The van der Waals surface area contributed by atoms with Crippen LogP contribution in [0.25, 0.3) is 5.69 Å². The molecule has 0 N–H and O–H groups in total. The van der Waals surface area contributed by atoms with Crippen LogP contribution in [0.2, 0.25) is 5.02 Å². The SMILES string of the molecule is CC.CCc1cc(Cl)ccc1-n1c(CC)nnc1C1CCC(OC(C)COC)CC1. The third kappa shape index (κ3) is 6.05. The smallest absolute Gasteiger partial charge is 0.140 e. The van der Waals surface area contributed by atoms with Crippen LogP contribution in [-0.4, -0.2) is 40.7 Å². The average Bonchev–Trinajstić information content (AvgIpc) is 3.19. The number of methoxy groups -OCH3 is 1. The number of hydrogen-bond donors (Lipinski definition) is 0. The molecule has 1 atom stereocenters. The van der Waals surface area contributed by atoms with Crippen LogP contribution in [0.4, 0.5) is 0 Å². The lowest BCUT2D eigenvalue weighted by atomic mass is 9.86. The lowest BCUT2D eigenvalue weighted by molar-refractivity contribution is -0.0538. The van der Waals surface area contributed by atoms with Crippen molar-refractivity contribution in [1.29, 1.82) is 0 Å². The number of rotatable bonds is 8. The molecule has 5 nitrogen and oxygen atoms in total. The minimum atomic E-state index is 0.142. The average molecular weight is 436 g/mol. The van der Waals surface area contributed by atoms with Gasteiger partial charge in [-0.2, -0.15) is 0 Å². The Bertz CT molecular complexity index is 770. The molecule has 1 heterocycles. The van der Waals surface area contributed by atoms with Gasteiger partial charge in [0.25, 0.3) is 0 Å². The highest BCUT2D eigenvalue weighted by atomic mass is 35.5. The third-order valence-corrected chi connectivity index (χ3v) is 5.84. The first kappa shape index (κ1) is 24.8. The first-order chi connectivity index (χ1) is 14.6. The summed E-state index contributed by atoms with van der Waals surface area (Å²) < 4.78 is 13.6. The number of ether oxygens (including phenoxy) is 2. The summed E-state index contributed by atoms with van der Waals surface area (Å²) in [6.07, 6.45) is 6.47. The Morgan fingerprint density at radius 2 is 1.80 bits per heavy atom. The number of halogens is 1. The summed E-state index contributed by atoms with van der Waals surface area (Å²) in [5.74, 6) is 2.50. The number of aromatic nitrogens is 3. The van der Waals surface area contributed by atoms with E-state index in [1.54, 1.807) is 7.11 Å². The topological polar surface area (TPSA) is 49.2 Å². The number of nitrogens with zero attached hydrogens (tertiary/aromatic N) is 3. The van der Waals surface area contributed by atoms with Gasteiger partial charge in [0, 0.05) is 24.5 Å². The molecule has 0 radical (unpaired) electrons. The van der Waals surface area contributed by atoms with Crippen LogP contribution in [0.15, 0.2) is 18.2 Å². The zero-order chi connectivity index (χ0) is 22.1. The van der Waals surface area contributed by atoms with Crippen LogP contribution in [-0.2, 0) is 22.3 Å². The van der Waals surface area contributed by atoms with Gasteiger partial charge in [-0.1, -0.05) is 39.3 Å². The molecular weight excluding hydrogens is 398 g/mol. The molecule has 1 aliphatic rings. The maximum atomic E-state index is 6.24. The molecule has 30 heavy (non-hydrogen) atoms. The maximum absolute atomic E-state index is 6.24. The highest BCUT2D eigenvalue weighted by Gasteiger charge is 2.29. The predicted molar refractivity (Wildman–Crippen MR) is 124 cm³/mol. The van der Waals surface area contributed by atoms with Crippen molar-refractivity contribution in [3.8, 4) is 5.69 Å². The van der Waals surface area contributed by atoms with Gasteiger partial charge in [0.15, 0.2) is 0 Å². The van der Waals surface area contributed by atoms with Crippen LogP contribution in [0.1, 0.15) is 83.4 Å². The monoisotopic (exact) mass is 435 g/mol. The molecule has 1 saturated carbocycles. The molecule has 1 aromatic heterocycles. The zero-order valence-electron chi connectivity index (χ0n) is 19.4. The van der Waals surface area contributed by atoms with Crippen molar-refractivity contribution in [3.63, 3.8) is 0 Å². The molecule has 0 amide bonds. The van der Waals surface area contributed by atoms with Crippen LogP contribution in [0.5, 0.6) is 0 Å². The largest absolute Gasteiger partial charge is 0.382 e. The van der Waals surface area contributed by atoms with E-state index < -0.39 is 0 Å². The summed E-state index contributed by atoms with van der Waals surface area (Å²) in [7, 11) is 1.72. The van der Waals surface area contributed by atoms with E-state index in [-0.39, 0.29) is 6.10 Å². The van der Waals surface area contributed by atoms with E-state index in [2.05, 4.69) is 47.7 Å². The Morgan fingerprint density at radius 1 is 1.10 bits per heavy atom. The molecule has 1 aromatic carbocycles. The van der Waals surface area contributed by atoms with Crippen LogP contribution in [0.3, 0.4) is 0 Å². The second-order valence-electron chi connectivity index (χ2n) is 7.67. The predicted octanol–water partition coefficient (Wildman–Crippen LogP) is 6.15. The van der Waals surface area contributed by atoms with E-state index in [4.69, 9.17) is 21.1 Å². The zero-order valence-corrected chi connectivity index (χ0v) is 20.2. The quantitative estimate of drug-likeness (QED) is 0.499. The van der Waals surface area contributed by atoms with Crippen molar-refractivity contribution >= 4 is 11.6 Å². The van der Waals surface area contributed by atoms with Gasteiger partial charge in [0.2, 0.25) is 0 Å². The van der Waals surface area contributed by atoms with E-state index in [0.29, 0.717) is 18.6 Å². The van der Waals surface area contributed by atoms with Crippen molar-refractivity contribution in [2.24, 2.45) is 0 Å². The Morgan fingerprint density at radius 3 is 2.40 bits per heavy atom. The fourth-order valence-electron chi connectivity index (χ4n) is 4.20. The molecule has 0 bridgehead atoms. The maximum Gasteiger partial charge on any atom is 0.140 e. The fraction of sp³-hybridized carbons (Fsp3) is 0.667. The van der Waals surface area contributed by atoms with Crippen molar-refractivity contribution in [2.75, 3.05) is 13.7 Å². The summed E-state index contributed by atoms with van der Waals surface area (Å²) in [6, 6.07) is 6.12. The van der Waals surface area contributed by atoms with Crippen molar-refractivity contribution in [2.45, 2.75) is 91.3 Å². The fourth-order valence-corrected chi connectivity index (χ4v) is 4.40. The Labute approximate surface area is 187 Å². The summed E-state index contributed by atoms with van der Waals surface area (Å²) in [5.41, 5.74) is 2.39. The van der Waals surface area contributed by atoms with Crippen molar-refractivity contribution in [1.82, 2.24) is 14.8 Å². The van der Waals surface area contributed by atoms with Gasteiger partial charge in [-0.05, 0) is 62.8 Å². The van der Waals surface area contributed by atoms with Crippen LogP contribution in [0, 0.1) is 0 Å². The highest BCUT2D eigenvalue weighted by molar-refractivity contribution is 6.30. The molecule has 1 unspecified atom stereocenters. The molecule has 2 aromatic rings. The van der Waals surface area contributed by atoms with Gasteiger partial charge < -0.3 is 9.47 Å². The van der Waals surface area contributed by atoms with Crippen molar-refractivity contribution in [3.05, 3.63) is 40.4 Å². The Balaban J connectivity index is 0.00000155. The Kier molecular flexibility index (Phi) is 10.3. The molecule has 1 aliphatic carbocycles. The lowest BCUT2D eigenvalue weighted by Crippen LogP contribution is -2.28. The highest BCUT2D eigenvalue weighted by Crippen LogP contribution is 2.36. The molecule has 3 rings (SSSR count). The second kappa shape index (κ2) is 12.4. The summed E-state index contributed by atoms with van der Waals surface area (Å²) in [4.78, 5) is 0. The van der Waals surface area contributed by atoms with Crippen LogP contribution < -0.4 is 0 Å². The van der Waals surface area contributed by atoms with Gasteiger partial charge in [0.05, 0.1) is 24.5 Å². The van der Waals surface area contributed by atoms with E-state index in [9.17, 15) is 0 Å². The standard InChI is InChI=1S/C22H32ClN3O2.C2H6/c1-5-16-13-18(23)9-12-20(16)26-21(6-2)24-25-22(26)17-7-10-19(11-8-17)28-15(3)14-27-4;1-2/h9,12-13,15,17,19H,5-8,10-11,14H2,1-4H3;1-2H3. The van der Waals surface area contributed by atoms with Gasteiger partial charge in [-0.25, -0.2) is 0 Å². The minimum Gasteiger partial charge on any atom is -0.382 e.